The molecule has 3 heteroatoms. The van der Waals surface area contributed by atoms with Gasteiger partial charge in [-0.2, -0.15) is 0 Å². The number of hydrogen-bond acceptors (Lipinski definition) is 1. The SMILES string of the molecule is [NH]CC1(CC(=O)O)C=CC=CC1. The van der Waals surface area contributed by atoms with Crippen molar-refractivity contribution in [1.29, 1.82) is 0 Å². The second-order valence-corrected chi connectivity index (χ2v) is 3.10. The van der Waals surface area contributed by atoms with E-state index in [9.17, 15) is 4.79 Å². The fraction of sp³-hybridized carbons (Fsp3) is 0.444. The Morgan fingerprint density at radius 3 is 2.75 bits per heavy atom. The van der Waals surface area contributed by atoms with Crippen molar-refractivity contribution in [3.8, 4) is 0 Å². The number of allylic oxidation sites excluding steroid dienone is 3. The Balaban J connectivity index is 2.69. The van der Waals surface area contributed by atoms with Gasteiger partial charge < -0.3 is 5.11 Å². The maximum atomic E-state index is 10.5. The Morgan fingerprint density at radius 1 is 1.58 bits per heavy atom. The first-order valence-electron chi connectivity index (χ1n) is 3.89. The number of hydrogen-bond donors (Lipinski definition) is 1. The van der Waals surface area contributed by atoms with E-state index in [1.807, 2.05) is 24.3 Å². The molecular formula is C9H12NO2. The normalized spacial score (nSPS) is 27.4. The molecule has 1 radical (unpaired) electrons. The lowest BCUT2D eigenvalue weighted by molar-refractivity contribution is -0.138. The van der Waals surface area contributed by atoms with Crippen molar-refractivity contribution in [2.45, 2.75) is 12.8 Å². The van der Waals surface area contributed by atoms with Gasteiger partial charge in [0.05, 0.1) is 6.42 Å². The summed E-state index contributed by atoms with van der Waals surface area (Å²) in [7, 11) is 0. The fourth-order valence-corrected chi connectivity index (χ4v) is 1.33. The third-order valence-corrected chi connectivity index (χ3v) is 2.08. The summed E-state index contributed by atoms with van der Waals surface area (Å²) in [6, 6.07) is 0. The minimum Gasteiger partial charge on any atom is -0.481 e. The molecule has 0 aromatic heterocycles. The number of carboxylic acid groups (broad SMARTS) is 1. The van der Waals surface area contributed by atoms with Crippen LogP contribution < -0.4 is 5.73 Å². The van der Waals surface area contributed by atoms with Crippen LogP contribution in [0.5, 0.6) is 0 Å². The number of rotatable bonds is 3. The van der Waals surface area contributed by atoms with E-state index in [-0.39, 0.29) is 13.0 Å². The highest BCUT2D eigenvalue weighted by molar-refractivity contribution is 5.68. The molecule has 0 aromatic rings. The summed E-state index contributed by atoms with van der Waals surface area (Å²) in [5, 5.41) is 8.62. The average Bonchev–Trinajstić information content (AvgIpc) is 2.05. The number of carbonyl (C=O) groups is 1. The molecule has 0 amide bonds. The molecule has 0 saturated carbocycles. The molecule has 0 spiro atoms. The van der Waals surface area contributed by atoms with E-state index in [0.29, 0.717) is 6.42 Å². The second-order valence-electron chi connectivity index (χ2n) is 3.10. The van der Waals surface area contributed by atoms with Crippen LogP contribution in [0.1, 0.15) is 12.8 Å². The highest BCUT2D eigenvalue weighted by Crippen LogP contribution is 2.30. The van der Waals surface area contributed by atoms with Gasteiger partial charge in [-0.25, -0.2) is 0 Å². The maximum absolute atomic E-state index is 10.5. The summed E-state index contributed by atoms with van der Waals surface area (Å²) in [6.07, 6.45) is 8.17. The highest BCUT2D eigenvalue weighted by Gasteiger charge is 2.28. The van der Waals surface area contributed by atoms with Gasteiger partial charge in [0.2, 0.25) is 0 Å². The molecule has 3 nitrogen and oxygen atoms in total. The first kappa shape index (κ1) is 9.00. The van der Waals surface area contributed by atoms with E-state index in [1.54, 1.807) is 0 Å². The Hall–Kier alpha value is -1.09. The van der Waals surface area contributed by atoms with Gasteiger partial charge in [-0.3, -0.25) is 10.5 Å². The fourth-order valence-electron chi connectivity index (χ4n) is 1.33. The molecule has 1 atom stereocenters. The number of carboxylic acids is 1. The van der Waals surface area contributed by atoms with Gasteiger partial charge >= 0.3 is 5.97 Å². The van der Waals surface area contributed by atoms with Gasteiger partial charge in [0.1, 0.15) is 0 Å². The third-order valence-electron chi connectivity index (χ3n) is 2.08. The van der Waals surface area contributed by atoms with Crippen molar-refractivity contribution in [3.63, 3.8) is 0 Å². The summed E-state index contributed by atoms with van der Waals surface area (Å²) in [4.78, 5) is 10.5. The molecule has 1 aliphatic rings. The van der Waals surface area contributed by atoms with Crippen LogP contribution in [0.4, 0.5) is 0 Å². The summed E-state index contributed by atoms with van der Waals surface area (Å²) in [5.41, 5.74) is 6.83. The van der Waals surface area contributed by atoms with E-state index in [0.717, 1.165) is 0 Å². The van der Waals surface area contributed by atoms with Crippen LogP contribution in [0.3, 0.4) is 0 Å². The third kappa shape index (κ3) is 1.95. The largest absolute Gasteiger partial charge is 0.481 e. The molecule has 0 bridgehead atoms. The van der Waals surface area contributed by atoms with Gasteiger partial charge in [-0.1, -0.05) is 24.3 Å². The zero-order chi connectivity index (χ0) is 9.03. The molecule has 1 aliphatic carbocycles. The molecule has 0 heterocycles. The lowest BCUT2D eigenvalue weighted by atomic mass is 9.79. The van der Waals surface area contributed by atoms with Gasteiger partial charge in [-0.15, -0.1) is 0 Å². The predicted molar refractivity (Wildman–Crippen MR) is 45.5 cm³/mol. The minimum atomic E-state index is -0.831. The zero-order valence-electron chi connectivity index (χ0n) is 6.79. The lowest BCUT2D eigenvalue weighted by Crippen LogP contribution is -2.27. The first-order chi connectivity index (χ1) is 5.68. The Kier molecular flexibility index (Phi) is 2.65. The molecule has 65 valence electrons. The standard InChI is InChI=1S/C9H12NO2/c10-7-9(6-8(11)12)4-2-1-3-5-9/h1-4,10H,5-7H2,(H,11,12). The van der Waals surface area contributed by atoms with Crippen LogP contribution >= 0.6 is 0 Å². The second kappa shape index (κ2) is 3.54. The van der Waals surface area contributed by atoms with E-state index in [2.05, 4.69) is 0 Å². The highest BCUT2D eigenvalue weighted by atomic mass is 16.4. The van der Waals surface area contributed by atoms with E-state index >= 15 is 0 Å². The summed E-state index contributed by atoms with van der Waals surface area (Å²) < 4.78 is 0. The predicted octanol–water partition coefficient (Wildman–Crippen LogP) is 1.25. The first-order valence-corrected chi connectivity index (χ1v) is 3.89. The van der Waals surface area contributed by atoms with Crippen LogP contribution in [0.15, 0.2) is 24.3 Å². The molecule has 0 fully saturated rings. The van der Waals surface area contributed by atoms with Gasteiger partial charge in [0.15, 0.2) is 0 Å². The molecule has 2 N–H and O–H groups in total. The summed E-state index contributed by atoms with van der Waals surface area (Å²) in [6.45, 7) is 0.139. The van der Waals surface area contributed by atoms with Crippen molar-refractivity contribution < 1.29 is 9.90 Å². The van der Waals surface area contributed by atoms with E-state index in [4.69, 9.17) is 10.8 Å². The molecule has 1 unspecified atom stereocenters. The molecule has 0 aromatic carbocycles. The van der Waals surface area contributed by atoms with Crippen LogP contribution in [-0.2, 0) is 4.79 Å². The van der Waals surface area contributed by atoms with E-state index < -0.39 is 11.4 Å². The van der Waals surface area contributed by atoms with Crippen LogP contribution in [0.25, 0.3) is 0 Å². The number of nitrogens with one attached hydrogen (secondary N) is 1. The van der Waals surface area contributed by atoms with Gasteiger partial charge in [0.25, 0.3) is 0 Å². The Labute approximate surface area is 71.6 Å². The van der Waals surface area contributed by atoms with Gasteiger partial charge in [0, 0.05) is 12.0 Å². The van der Waals surface area contributed by atoms with Crippen molar-refractivity contribution in [3.05, 3.63) is 24.3 Å². The Morgan fingerprint density at radius 2 is 2.33 bits per heavy atom. The molecular weight excluding hydrogens is 154 g/mol. The maximum Gasteiger partial charge on any atom is 0.304 e. The smallest absolute Gasteiger partial charge is 0.304 e. The van der Waals surface area contributed by atoms with Crippen molar-refractivity contribution in [1.82, 2.24) is 5.73 Å². The van der Waals surface area contributed by atoms with Crippen molar-refractivity contribution in [2.75, 3.05) is 6.54 Å². The van der Waals surface area contributed by atoms with E-state index in [1.165, 1.54) is 0 Å². The van der Waals surface area contributed by atoms with Crippen LogP contribution in [0, 0.1) is 5.41 Å². The van der Waals surface area contributed by atoms with Crippen molar-refractivity contribution in [2.24, 2.45) is 5.41 Å². The minimum absolute atomic E-state index is 0.0529. The van der Waals surface area contributed by atoms with Crippen molar-refractivity contribution >= 4 is 5.97 Å². The summed E-state index contributed by atoms with van der Waals surface area (Å²) in [5.74, 6) is -0.831. The zero-order valence-corrected chi connectivity index (χ0v) is 6.79. The van der Waals surface area contributed by atoms with Crippen LogP contribution in [0.2, 0.25) is 0 Å². The van der Waals surface area contributed by atoms with Gasteiger partial charge in [-0.05, 0) is 6.42 Å². The molecule has 12 heavy (non-hydrogen) atoms. The summed E-state index contributed by atoms with van der Waals surface area (Å²) >= 11 is 0. The topological polar surface area (TPSA) is 61.1 Å². The molecule has 0 saturated heterocycles. The molecule has 1 rings (SSSR count). The number of aliphatic carboxylic acids is 1. The quantitative estimate of drug-likeness (QED) is 0.685. The lowest BCUT2D eigenvalue weighted by Gasteiger charge is -2.27. The monoisotopic (exact) mass is 166 g/mol. The molecule has 0 aliphatic heterocycles. The van der Waals surface area contributed by atoms with Crippen LogP contribution in [-0.4, -0.2) is 17.6 Å². The average molecular weight is 166 g/mol. The Bertz CT molecular complexity index is 233.